The number of nitrogens with zero attached hydrogens (tertiary/aromatic N) is 3. The van der Waals surface area contributed by atoms with Crippen LogP contribution >= 0.6 is 11.3 Å². The van der Waals surface area contributed by atoms with Crippen LogP contribution in [0.5, 0.6) is 0 Å². The van der Waals surface area contributed by atoms with Gasteiger partial charge in [-0.1, -0.05) is 30.4 Å². The molecule has 6 nitrogen and oxygen atoms in total. The number of amides is 1. The third-order valence-electron chi connectivity index (χ3n) is 6.69. The number of hydrogen-bond donors (Lipinski definition) is 1. The van der Waals surface area contributed by atoms with Gasteiger partial charge in [0.05, 0.1) is 16.9 Å². The summed E-state index contributed by atoms with van der Waals surface area (Å²) in [6.45, 7) is 3.14. The molecule has 13 heteroatoms. The van der Waals surface area contributed by atoms with E-state index in [1.807, 2.05) is 0 Å². The van der Waals surface area contributed by atoms with E-state index >= 15 is 0 Å². The van der Waals surface area contributed by atoms with Crippen molar-refractivity contribution in [3.8, 4) is 0 Å². The van der Waals surface area contributed by atoms with Crippen molar-refractivity contribution < 1.29 is 31.0 Å². The molecule has 0 spiro atoms. The molecular weight excluding hydrogens is 547 g/mol. The number of carbonyl (C=O) groups excluding carboxylic acids is 1. The number of alkyl halides is 5. The standard InChI is InChI=1S/C25H27F5N4O2S2/c1-13(22(26)27)19-18(12-31-23-20(19)32-14(2)37-23)33-17-6-4-15(5-7-17)21(25(28,29)30)34(3)24(35)16-8-10-38(36)11-9-16/h4-7,12-13,16,21-22,33H,8-11H2,1-3H3/t13?,16?,21-,38?/m0/s1. The lowest BCUT2D eigenvalue weighted by molar-refractivity contribution is -0.190. The molecule has 1 amide bonds. The lowest BCUT2D eigenvalue weighted by Crippen LogP contribution is -2.43. The summed E-state index contributed by atoms with van der Waals surface area (Å²) in [5.74, 6) is -1.79. The number of rotatable bonds is 7. The molecule has 1 aromatic carbocycles. The number of carbonyl (C=O) groups is 1. The van der Waals surface area contributed by atoms with Gasteiger partial charge in [-0.3, -0.25) is 9.00 Å². The zero-order valence-electron chi connectivity index (χ0n) is 20.9. The van der Waals surface area contributed by atoms with E-state index in [4.69, 9.17) is 0 Å². The summed E-state index contributed by atoms with van der Waals surface area (Å²) < 4.78 is 81.3. The highest BCUT2D eigenvalue weighted by atomic mass is 32.2. The van der Waals surface area contributed by atoms with Gasteiger partial charge in [0.15, 0.2) is 6.04 Å². The maximum Gasteiger partial charge on any atom is 0.413 e. The SMILES string of the molecule is Cc1nc2c(C(C)C(F)F)c(Nc3ccc([C@H](N(C)C(=O)C4CCS(=O)CC4)C(F)(F)F)cc3)cnc2s1. The normalized spacial score (nSPS) is 19.9. The van der Waals surface area contributed by atoms with E-state index in [1.54, 1.807) is 6.92 Å². The quantitative estimate of drug-likeness (QED) is 0.334. The van der Waals surface area contributed by atoms with E-state index in [2.05, 4.69) is 15.3 Å². The number of pyridine rings is 1. The van der Waals surface area contributed by atoms with Crippen LogP contribution in [-0.2, 0) is 15.6 Å². The van der Waals surface area contributed by atoms with E-state index in [1.165, 1.54) is 48.7 Å². The topological polar surface area (TPSA) is 75.2 Å². The molecule has 3 heterocycles. The first kappa shape index (κ1) is 28.3. The van der Waals surface area contributed by atoms with Crippen molar-refractivity contribution in [2.75, 3.05) is 23.9 Å². The molecule has 2 aromatic heterocycles. The number of nitrogens with one attached hydrogen (secondary N) is 1. The zero-order chi connectivity index (χ0) is 27.8. The van der Waals surface area contributed by atoms with E-state index in [0.29, 0.717) is 50.3 Å². The van der Waals surface area contributed by atoms with Gasteiger partial charge in [-0.2, -0.15) is 13.2 Å². The first-order valence-electron chi connectivity index (χ1n) is 12.0. The van der Waals surface area contributed by atoms with Crippen LogP contribution in [0.4, 0.5) is 33.3 Å². The Morgan fingerprint density at radius 3 is 2.39 bits per heavy atom. The van der Waals surface area contributed by atoms with Crippen LogP contribution in [0.15, 0.2) is 30.5 Å². The van der Waals surface area contributed by atoms with Crippen molar-refractivity contribution >= 4 is 49.8 Å². The monoisotopic (exact) mass is 574 g/mol. The summed E-state index contributed by atoms with van der Waals surface area (Å²) >= 11 is 1.28. The van der Waals surface area contributed by atoms with Crippen LogP contribution in [-0.4, -0.2) is 56.1 Å². The Bertz CT molecular complexity index is 1320. The number of benzene rings is 1. The van der Waals surface area contributed by atoms with Gasteiger partial charge in [0.25, 0.3) is 0 Å². The van der Waals surface area contributed by atoms with Crippen molar-refractivity contribution in [1.29, 1.82) is 0 Å². The third kappa shape index (κ3) is 5.98. The largest absolute Gasteiger partial charge is 0.413 e. The van der Waals surface area contributed by atoms with Crippen LogP contribution in [0.25, 0.3) is 10.3 Å². The second-order valence-electron chi connectivity index (χ2n) is 9.36. The molecule has 1 aliphatic rings. The van der Waals surface area contributed by atoms with Gasteiger partial charge < -0.3 is 10.2 Å². The van der Waals surface area contributed by atoms with Crippen LogP contribution in [0.1, 0.15) is 47.9 Å². The highest BCUT2D eigenvalue weighted by Crippen LogP contribution is 2.40. The van der Waals surface area contributed by atoms with Crippen molar-refractivity contribution in [2.45, 2.75) is 51.3 Å². The highest BCUT2D eigenvalue weighted by Gasteiger charge is 2.46. The summed E-state index contributed by atoms with van der Waals surface area (Å²) in [7, 11) is 0.0940. The van der Waals surface area contributed by atoms with E-state index in [9.17, 15) is 31.0 Å². The maximum absolute atomic E-state index is 14.1. The molecule has 1 saturated heterocycles. The second kappa shape index (κ2) is 11.2. The van der Waals surface area contributed by atoms with Crippen LogP contribution in [0.2, 0.25) is 0 Å². The average Bonchev–Trinajstić information content (AvgIpc) is 3.24. The molecule has 3 aromatic rings. The molecule has 0 saturated carbocycles. The Balaban J connectivity index is 1.60. The Labute approximate surface area is 223 Å². The summed E-state index contributed by atoms with van der Waals surface area (Å²) in [6.07, 6.45) is -5.38. The number of halogens is 5. The van der Waals surface area contributed by atoms with E-state index in [-0.39, 0.29) is 16.8 Å². The molecule has 0 aliphatic carbocycles. The minimum Gasteiger partial charge on any atom is -0.354 e. The Morgan fingerprint density at radius 1 is 1.18 bits per heavy atom. The predicted molar refractivity (Wildman–Crippen MR) is 138 cm³/mol. The highest BCUT2D eigenvalue weighted by molar-refractivity contribution is 7.85. The van der Waals surface area contributed by atoms with Gasteiger partial charge in [-0.15, -0.1) is 0 Å². The smallest absolute Gasteiger partial charge is 0.354 e. The van der Waals surface area contributed by atoms with Crippen molar-refractivity contribution in [1.82, 2.24) is 14.9 Å². The fraction of sp³-hybridized carbons (Fsp3) is 0.480. The third-order valence-corrected chi connectivity index (χ3v) is 8.95. The number of fused-ring (bicyclic) bond motifs is 1. The number of aromatic nitrogens is 2. The summed E-state index contributed by atoms with van der Waals surface area (Å²) in [5.41, 5.74) is 1.17. The molecule has 1 fully saturated rings. The van der Waals surface area contributed by atoms with Gasteiger partial charge in [0.1, 0.15) is 10.3 Å². The molecule has 38 heavy (non-hydrogen) atoms. The number of thiazole rings is 1. The number of anilines is 2. The maximum atomic E-state index is 14.1. The molecule has 2 atom stereocenters. The fourth-order valence-electron chi connectivity index (χ4n) is 4.68. The Kier molecular flexibility index (Phi) is 8.36. The number of aryl methyl sites for hydroxylation is 1. The first-order chi connectivity index (χ1) is 17.9. The molecule has 206 valence electrons. The summed E-state index contributed by atoms with van der Waals surface area (Å²) in [5, 5.41) is 3.68. The van der Waals surface area contributed by atoms with Crippen molar-refractivity contribution in [3.63, 3.8) is 0 Å². The van der Waals surface area contributed by atoms with Crippen molar-refractivity contribution in [2.24, 2.45) is 5.92 Å². The minimum atomic E-state index is -4.73. The van der Waals surface area contributed by atoms with E-state index < -0.39 is 47.2 Å². The molecule has 0 radical (unpaired) electrons. The van der Waals surface area contributed by atoms with Gasteiger partial charge in [0, 0.05) is 52.4 Å². The molecule has 1 aliphatic heterocycles. The average molecular weight is 575 g/mol. The van der Waals surface area contributed by atoms with Crippen LogP contribution in [0.3, 0.4) is 0 Å². The molecule has 1 unspecified atom stereocenters. The molecule has 1 N–H and O–H groups in total. The lowest BCUT2D eigenvalue weighted by atomic mass is 9.98. The Morgan fingerprint density at radius 2 is 1.82 bits per heavy atom. The van der Waals surface area contributed by atoms with Crippen molar-refractivity contribution in [3.05, 3.63) is 46.6 Å². The van der Waals surface area contributed by atoms with E-state index in [0.717, 1.165) is 7.05 Å². The van der Waals surface area contributed by atoms with Crippen LogP contribution in [0, 0.1) is 12.8 Å². The predicted octanol–water partition coefficient (Wildman–Crippen LogP) is 6.33. The zero-order valence-corrected chi connectivity index (χ0v) is 22.5. The van der Waals surface area contributed by atoms with Crippen LogP contribution < -0.4 is 5.32 Å². The van der Waals surface area contributed by atoms with Gasteiger partial charge in [-0.25, -0.2) is 18.7 Å². The first-order valence-corrected chi connectivity index (χ1v) is 14.3. The molecule has 4 rings (SSSR count). The van der Waals surface area contributed by atoms with Gasteiger partial charge >= 0.3 is 6.18 Å². The Hall–Kier alpha value is -2.67. The molecular formula is C25H27F5N4O2S2. The van der Waals surface area contributed by atoms with Gasteiger partial charge in [-0.05, 0) is 37.5 Å². The lowest BCUT2D eigenvalue weighted by Gasteiger charge is -2.34. The minimum absolute atomic E-state index is 0.136. The summed E-state index contributed by atoms with van der Waals surface area (Å²) in [6, 6.07) is 3.17. The number of hydrogen-bond acceptors (Lipinski definition) is 6. The summed E-state index contributed by atoms with van der Waals surface area (Å²) in [4.78, 5) is 22.8. The second-order valence-corrected chi connectivity index (χ2v) is 12.2. The fourth-order valence-corrected chi connectivity index (χ4v) is 6.75. The molecule has 0 bridgehead atoms. The van der Waals surface area contributed by atoms with Gasteiger partial charge in [0.2, 0.25) is 12.3 Å².